The number of nitrogens with zero attached hydrogens (tertiary/aromatic N) is 7. The summed E-state index contributed by atoms with van der Waals surface area (Å²) >= 11 is 0. The van der Waals surface area contributed by atoms with Gasteiger partial charge in [-0.1, -0.05) is 24.3 Å². The molecule has 1 saturated heterocycles. The van der Waals surface area contributed by atoms with Crippen LogP contribution in [0.25, 0.3) is 33.2 Å². The average molecular weight is 550 g/mol. The lowest BCUT2D eigenvalue weighted by molar-refractivity contribution is 0.0828. The van der Waals surface area contributed by atoms with Gasteiger partial charge in [-0.15, -0.1) is 0 Å². The van der Waals surface area contributed by atoms with Gasteiger partial charge in [-0.2, -0.15) is 0 Å². The van der Waals surface area contributed by atoms with E-state index in [2.05, 4.69) is 91.9 Å². The number of nitrogen functional groups attached to an aromatic ring is 1. The number of hydrogen-bond acceptors (Lipinski definition) is 7. The zero-order valence-corrected chi connectivity index (χ0v) is 24.2. The van der Waals surface area contributed by atoms with Crippen molar-refractivity contribution >= 4 is 39.5 Å². The first-order valence-corrected chi connectivity index (χ1v) is 14.8. The van der Waals surface area contributed by atoms with E-state index in [1.54, 1.807) is 6.33 Å². The zero-order valence-electron chi connectivity index (χ0n) is 24.2. The van der Waals surface area contributed by atoms with Crippen LogP contribution in [-0.2, 0) is 7.05 Å². The number of likely N-dealkylation sites (N-methyl/N-ethyl adjacent to an activating group) is 1. The fraction of sp³-hybridized carbons (Fsp3) is 0.406. The molecule has 1 saturated carbocycles. The van der Waals surface area contributed by atoms with E-state index in [0.29, 0.717) is 17.9 Å². The van der Waals surface area contributed by atoms with Crippen molar-refractivity contribution in [3.05, 3.63) is 60.6 Å². The molecule has 41 heavy (non-hydrogen) atoms. The number of piperazine rings is 1. The number of anilines is 3. The number of rotatable bonds is 5. The van der Waals surface area contributed by atoms with Crippen LogP contribution in [0.3, 0.4) is 0 Å². The molecular formula is C32H39N9. The lowest BCUT2D eigenvalue weighted by atomic mass is 9.89. The average Bonchev–Trinajstić information content (AvgIpc) is 3.54. The Balaban J connectivity index is 1.13. The molecule has 0 amide bonds. The predicted molar refractivity (Wildman–Crippen MR) is 166 cm³/mol. The van der Waals surface area contributed by atoms with Crippen molar-refractivity contribution in [2.45, 2.75) is 44.7 Å². The minimum absolute atomic E-state index is 0.422. The minimum Gasteiger partial charge on any atom is -0.383 e. The van der Waals surface area contributed by atoms with Gasteiger partial charge in [-0.25, -0.2) is 15.0 Å². The number of nitrogens with two attached hydrogens (primary N) is 1. The highest BCUT2D eigenvalue weighted by molar-refractivity contribution is 6.00. The molecule has 0 spiro atoms. The predicted octanol–water partition coefficient (Wildman–Crippen LogP) is 5.35. The molecule has 2 fully saturated rings. The van der Waals surface area contributed by atoms with Crippen molar-refractivity contribution in [3.63, 3.8) is 0 Å². The lowest BCUT2D eigenvalue weighted by Gasteiger charge is -2.41. The molecule has 0 unspecified atom stereocenters. The molecule has 2 aromatic carbocycles. The third-order valence-electron chi connectivity index (χ3n) is 9.32. The largest absolute Gasteiger partial charge is 0.383 e. The van der Waals surface area contributed by atoms with E-state index in [9.17, 15) is 0 Å². The van der Waals surface area contributed by atoms with Gasteiger partial charge in [-0.3, -0.25) is 4.90 Å². The van der Waals surface area contributed by atoms with Gasteiger partial charge in [0.05, 0.1) is 16.4 Å². The van der Waals surface area contributed by atoms with E-state index in [4.69, 9.17) is 15.7 Å². The standard InChI is InChI=1S/C32H39N9/c1-21-5-4-6-27-29(21)37-32(39(27)3)36-23-9-7-22(8-10-23)26-19-41(31-28(26)30(33)34-20-35-31)25-13-11-24(12-14-25)40-17-15-38(2)16-18-40/h4-10,19-20,24-25H,11-18H2,1-3H3,(H,36,37)(H2,33,34,35)/t24-,25-. The van der Waals surface area contributed by atoms with E-state index in [0.717, 1.165) is 57.7 Å². The van der Waals surface area contributed by atoms with Gasteiger partial charge in [0.15, 0.2) is 0 Å². The molecule has 9 heteroatoms. The maximum atomic E-state index is 6.47. The summed E-state index contributed by atoms with van der Waals surface area (Å²) in [6, 6.07) is 15.9. The van der Waals surface area contributed by atoms with Crippen molar-refractivity contribution in [1.82, 2.24) is 33.9 Å². The Morgan fingerprint density at radius 3 is 2.34 bits per heavy atom. The van der Waals surface area contributed by atoms with Crippen LogP contribution in [0, 0.1) is 6.92 Å². The summed E-state index contributed by atoms with van der Waals surface area (Å²) in [6.45, 7) is 6.82. The third-order valence-corrected chi connectivity index (χ3v) is 9.32. The third kappa shape index (κ3) is 4.73. The number of hydrogen-bond donors (Lipinski definition) is 2. The van der Waals surface area contributed by atoms with Gasteiger partial charge in [-0.05, 0) is 69.0 Å². The van der Waals surface area contributed by atoms with E-state index >= 15 is 0 Å². The summed E-state index contributed by atoms with van der Waals surface area (Å²) in [6.07, 6.45) is 8.62. The fourth-order valence-corrected chi connectivity index (χ4v) is 6.82. The van der Waals surface area contributed by atoms with Gasteiger partial charge in [0.1, 0.15) is 17.8 Å². The topological polar surface area (TPSA) is 93.1 Å². The highest BCUT2D eigenvalue weighted by Crippen LogP contribution is 2.39. The van der Waals surface area contributed by atoms with E-state index in [1.807, 2.05) is 7.05 Å². The SMILES string of the molecule is Cc1cccc2c1nc(Nc1ccc(-c3cn([C@H]4CC[C@H](N5CCN(C)CC5)CC4)c4ncnc(N)c34)cc1)n2C. The normalized spacial score (nSPS) is 20.7. The fourth-order valence-electron chi connectivity index (χ4n) is 6.82. The number of nitrogens with one attached hydrogen (secondary N) is 1. The Kier molecular flexibility index (Phi) is 6.63. The molecule has 4 heterocycles. The van der Waals surface area contributed by atoms with Crippen LogP contribution in [0.4, 0.5) is 17.5 Å². The van der Waals surface area contributed by atoms with Gasteiger partial charge >= 0.3 is 0 Å². The van der Waals surface area contributed by atoms with Gasteiger partial charge in [0.2, 0.25) is 5.95 Å². The summed E-state index contributed by atoms with van der Waals surface area (Å²) in [5.74, 6) is 1.36. The van der Waals surface area contributed by atoms with Crippen LogP contribution in [0.15, 0.2) is 55.0 Å². The second kappa shape index (κ2) is 10.5. The Bertz CT molecular complexity index is 1680. The van der Waals surface area contributed by atoms with E-state index < -0.39 is 0 Å². The summed E-state index contributed by atoms with van der Waals surface area (Å²) < 4.78 is 4.47. The molecule has 1 aliphatic heterocycles. The first-order chi connectivity index (χ1) is 20.0. The summed E-state index contributed by atoms with van der Waals surface area (Å²) in [5, 5.41) is 4.44. The van der Waals surface area contributed by atoms with Crippen molar-refractivity contribution in [2.24, 2.45) is 7.05 Å². The molecule has 3 aromatic heterocycles. The van der Waals surface area contributed by atoms with E-state index in [1.165, 1.54) is 44.6 Å². The van der Waals surface area contributed by atoms with Gasteiger partial charge < -0.3 is 25.1 Å². The number of benzene rings is 2. The Morgan fingerprint density at radius 2 is 1.61 bits per heavy atom. The van der Waals surface area contributed by atoms with Crippen LogP contribution in [-0.4, -0.2) is 73.2 Å². The molecule has 0 atom stereocenters. The number of aryl methyl sites for hydroxylation is 2. The second-order valence-corrected chi connectivity index (χ2v) is 11.8. The summed E-state index contributed by atoms with van der Waals surface area (Å²) in [5.41, 5.74) is 13.9. The zero-order chi connectivity index (χ0) is 28.1. The van der Waals surface area contributed by atoms with Crippen LogP contribution < -0.4 is 11.1 Å². The Morgan fingerprint density at radius 1 is 0.878 bits per heavy atom. The van der Waals surface area contributed by atoms with Crippen LogP contribution >= 0.6 is 0 Å². The van der Waals surface area contributed by atoms with Crippen molar-refractivity contribution in [2.75, 3.05) is 44.3 Å². The Labute approximate surface area is 241 Å². The lowest BCUT2D eigenvalue weighted by Crippen LogP contribution is -2.49. The van der Waals surface area contributed by atoms with E-state index in [-0.39, 0.29) is 0 Å². The van der Waals surface area contributed by atoms with Crippen molar-refractivity contribution < 1.29 is 0 Å². The Hall–Kier alpha value is -3.95. The van der Waals surface area contributed by atoms with Crippen LogP contribution in [0.2, 0.25) is 0 Å². The number of fused-ring (bicyclic) bond motifs is 2. The van der Waals surface area contributed by atoms with Gasteiger partial charge in [0, 0.05) is 62.8 Å². The number of imidazole rings is 1. The molecule has 0 bridgehead atoms. The number of aromatic nitrogens is 5. The smallest absolute Gasteiger partial charge is 0.208 e. The maximum Gasteiger partial charge on any atom is 0.208 e. The van der Waals surface area contributed by atoms with Crippen molar-refractivity contribution in [1.29, 1.82) is 0 Å². The highest BCUT2D eigenvalue weighted by atomic mass is 15.3. The summed E-state index contributed by atoms with van der Waals surface area (Å²) in [7, 11) is 4.27. The molecule has 2 aliphatic rings. The molecule has 5 aromatic rings. The monoisotopic (exact) mass is 549 g/mol. The minimum atomic E-state index is 0.422. The number of para-hydroxylation sites is 1. The van der Waals surface area contributed by atoms with Crippen molar-refractivity contribution in [3.8, 4) is 11.1 Å². The quantitative estimate of drug-likeness (QED) is 0.305. The molecule has 7 rings (SSSR count). The van der Waals surface area contributed by atoms with Crippen LogP contribution in [0.1, 0.15) is 37.3 Å². The molecular weight excluding hydrogens is 510 g/mol. The molecule has 9 nitrogen and oxygen atoms in total. The van der Waals surface area contributed by atoms with Crippen LogP contribution in [0.5, 0.6) is 0 Å². The maximum absolute atomic E-state index is 6.47. The highest BCUT2D eigenvalue weighted by Gasteiger charge is 2.30. The van der Waals surface area contributed by atoms with Gasteiger partial charge in [0.25, 0.3) is 0 Å². The molecule has 0 radical (unpaired) electrons. The second-order valence-electron chi connectivity index (χ2n) is 11.8. The molecule has 1 aliphatic carbocycles. The molecule has 3 N–H and O–H groups in total. The first-order valence-electron chi connectivity index (χ1n) is 14.8. The molecule has 212 valence electrons. The first kappa shape index (κ1) is 26.0. The summed E-state index contributed by atoms with van der Waals surface area (Å²) in [4.78, 5) is 19.1.